The lowest BCUT2D eigenvalue weighted by molar-refractivity contribution is -0.104. The lowest BCUT2D eigenvalue weighted by Gasteiger charge is -2.38. The van der Waals surface area contributed by atoms with Gasteiger partial charge in [-0.1, -0.05) is 20.8 Å². The molecule has 0 amide bonds. The number of hydrogen-bond donors (Lipinski definition) is 0. The van der Waals surface area contributed by atoms with Crippen LogP contribution < -0.4 is 0 Å². The van der Waals surface area contributed by atoms with E-state index in [2.05, 4.69) is 39.9 Å². The topological polar surface area (TPSA) is 26.3 Å². The summed E-state index contributed by atoms with van der Waals surface area (Å²) in [7, 11) is -1.79. The quantitative estimate of drug-likeness (QED) is 0.427. The highest BCUT2D eigenvalue weighted by atomic mass is 28.4. The summed E-state index contributed by atoms with van der Waals surface area (Å²) >= 11 is 0. The first-order valence-electron chi connectivity index (χ1n) is 6.32. The molecule has 0 heterocycles. The van der Waals surface area contributed by atoms with Crippen LogP contribution in [0.4, 0.5) is 0 Å². The summed E-state index contributed by atoms with van der Waals surface area (Å²) in [6.45, 7) is 11.2. The predicted molar refractivity (Wildman–Crippen MR) is 74.4 cm³/mol. The number of carbonyl (C=O) groups excluding carboxylic acids is 1. The summed E-state index contributed by atoms with van der Waals surface area (Å²) in [4.78, 5) is 10.6. The first kappa shape index (κ1) is 14.2. The number of allylic oxidation sites excluding steroid dienone is 3. The zero-order valence-electron chi connectivity index (χ0n) is 11.7. The van der Waals surface area contributed by atoms with Crippen molar-refractivity contribution in [1.82, 2.24) is 0 Å². The first-order valence-corrected chi connectivity index (χ1v) is 9.22. The highest BCUT2D eigenvalue weighted by Gasteiger charge is 2.39. The largest absolute Gasteiger partial charge is 0.544 e. The van der Waals surface area contributed by atoms with Crippen molar-refractivity contribution in [1.29, 1.82) is 0 Å². The minimum Gasteiger partial charge on any atom is -0.544 e. The second-order valence-corrected chi connectivity index (χ2v) is 10.9. The smallest absolute Gasteiger partial charge is 0.250 e. The molecule has 0 aromatic rings. The van der Waals surface area contributed by atoms with Crippen LogP contribution in [-0.2, 0) is 9.22 Å². The van der Waals surface area contributed by atoms with Crippen molar-refractivity contribution in [2.45, 2.75) is 58.2 Å². The van der Waals surface area contributed by atoms with E-state index in [9.17, 15) is 4.79 Å². The second kappa shape index (κ2) is 5.21. The Hall–Kier alpha value is -0.833. The van der Waals surface area contributed by atoms with Gasteiger partial charge in [-0.3, -0.25) is 4.79 Å². The van der Waals surface area contributed by atoms with Gasteiger partial charge in [0.1, 0.15) is 12.0 Å². The molecular formula is C14H24O2Si. The van der Waals surface area contributed by atoms with Gasteiger partial charge in [0.25, 0.3) is 0 Å². The third kappa shape index (κ3) is 3.56. The van der Waals surface area contributed by atoms with E-state index in [0.717, 1.165) is 36.9 Å². The molecule has 0 radical (unpaired) electrons. The molecule has 1 aliphatic rings. The Kier molecular flexibility index (Phi) is 4.36. The molecule has 0 saturated heterocycles. The second-order valence-electron chi connectivity index (χ2n) is 6.15. The number of aldehydes is 1. The Morgan fingerprint density at radius 3 is 2.53 bits per heavy atom. The van der Waals surface area contributed by atoms with Gasteiger partial charge in [-0.05, 0) is 55.1 Å². The van der Waals surface area contributed by atoms with Crippen LogP contribution in [-0.4, -0.2) is 14.6 Å². The monoisotopic (exact) mass is 252 g/mol. The maximum absolute atomic E-state index is 10.6. The molecule has 1 rings (SSSR count). The Morgan fingerprint density at radius 2 is 2.00 bits per heavy atom. The van der Waals surface area contributed by atoms with E-state index >= 15 is 0 Å². The standard InChI is InChI=1S/C14H24O2Si/c1-14(2,3)17(4,5)16-13-9-7-6-8-12(13)10-11-15/h9-11H,6-8H2,1-5H3/b12-10+. The summed E-state index contributed by atoms with van der Waals surface area (Å²) in [6, 6.07) is 0. The van der Waals surface area contributed by atoms with E-state index in [0.29, 0.717) is 0 Å². The fourth-order valence-electron chi connectivity index (χ4n) is 1.56. The molecule has 0 bridgehead atoms. The van der Waals surface area contributed by atoms with Gasteiger partial charge in [0, 0.05) is 0 Å². The van der Waals surface area contributed by atoms with Crippen LogP contribution in [0, 0.1) is 0 Å². The zero-order valence-corrected chi connectivity index (χ0v) is 12.7. The number of hydrogen-bond acceptors (Lipinski definition) is 2. The minimum absolute atomic E-state index is 0.192. The molecule has 2 nitrogen and oxygen atoms in total. The van der Waals surface area contributed by atoms with Crippen molar-refractivity contribution in [3.05, 3.63) is 23.5 Å². The van der Waals surface area contributed by atoms with Gasteiger partial charge in [0.05, 0.1) is 0 Å². The summed E-state index contributed by atoms with van der Waals surface area (Å²) < 4.78 is 6.28. The summed E-state index contributed by atoms with van der Waals surface area (Å²) in [5.74, 6) is 0.954. The molecular weight excluding hydrogens is 228 g/mol. The van der Waals surface area contributed by atoms with E-state index < -0.39 is 8.32 Å². The molecule has 0 saturated carbocycles. The first-order chi connectivity index (χ1) is 7.78. The normalized spacial score (nSPS) is 20.1. The van der Waals surface area contributed by atoms with Crippen molar-refractivity contribution >= 4 is 14.6 Å². The summed E-state index contributed by atoms with van der Waals surface area (Å²) in [6.07, 6.45) is 7.78. The Labute approximate surface area is 106 Å². The van der Waals surface area contributed by atoms with E-state index in [-0.39, 0.29) is 5.04 Å². The van der Waals surface area contributed by atoms with Crippen molar-refractivity contribution in [2.24, 2.45) is 0 Å². The van der Waals surface area contributed by atoms with Crippen LogP contribution in [0.5, 0.6) is 0 Å². The maximum Gasteiger partial charge on any atom is 0.250 e. The van der Waals surface area contributed by atoms with Crippen LogP contribution in [0.2, 0.25) is 18.1 Å². The van der Waals surface area contributed by atoms with Gasteiger partial charge in [-0.2, -0.15) is 0 Å². The molecule has 1 aliphatic carbocycles. The molecule has 17 heavy (non-hydrogen) atoms. The zero-order chi connectivity index (χ0) is 13.1. The predicted octanol–water partition coefficient (Wildman–Crippen LogP) is 4.20. The fraction of sp³-hybridized carbons (Fsp3) is 0.643. The van der Waals surface area contributed by atoms with Gasteiger partial charge in [-0.15, -0.1) is 0 Å². The van der Waals surface area contributed by atoms with E-state index in [1.165, 1.54) is 0 Å². The lowest BCUT2D eigenvalue weighted by Crippen LogP contribution is -2.40. The molecule has 0 N–H and O–H groups in total. The molecule has 0 atom stereocenters. The van der Waals surface area contributed by atoms with Crippen molar-refractivity contribution < 1.29 is 9.22 Å². The minimum atomic E-state index is -1.79. The molecule has 3 heteroatoms. The molecule has 0 fully saturated rings. The van der Waals surface area contributed by atoms with E-state index in [1.54, 1.807) is 6.08 Å². The Morgan fingerprint density at radius 1 is 1.35 bits per heavy atom. The van der Waals surface area contributed by atoms with E-state index in [1.807, 2.05) is 0 Å². The van der Waals surface area contributed by atoms with Gasteiger partial charge >= 0.3 is 0 Å². The molecule has 96 valence electrons. The average molecular weight is 252 g/mol. The Balaban J connectivity index is 2.90. The van der Waals surface area contributed by atoms with Crippen molar-refractivity contribution in [2.75, 3.05) is 0 Å². The molecule has 0 aromatic heterocycles. The molecule has 0 aromatic carbocycles. The summed E-state index contributed by atoms with van der Waals surface area (Å²) in [5, 5.41) is 0.192. The van der Waals surface area contributed by atoms with Gasteiger partial charge < -0.3 is 4.43 Å². The van der Waals surface area contributed by atoms with Gasteiger partial charge in [0.15, 0.2) is 0 Å². The average Bonchev–Trinajstić information content (AvgIpc) is 2.19. The third-order valence-corrected chi connectivity index (χ3v) is 8.08. The van der Waals surface area contributed by atoms with Crippen LogP contribution in [0.15, 0.2) is 23.5 Å². The molecule has 0 unspecified atom stereocenters. The van der Waals surface area contributed by atoms with Crippen LogP contribution >= 0.6 is 0 Å². The van der Waals surface area contributed by atoms with Gasteiger partial charge in [-0.25, -0.2) is 0 Å². The molecule has 0 spiro atoms. The van der Waals surface area contributed by atoms with Crippen molar-refractivity contribution in [3.63, 3.8) is 0 Å². The lowest BCUT2D eigenvalue weighted by atomic mass is 10.0. The SMILES string of the molecule is CC(C)(C)[Si](C)(C)OC1=CCCC/C1=C\C=O. The number of rotatable bonds is 3. The van der Waals surface area contributed by atoms with Crippen LogP contribution in [0.25, 0.3) is 0 Å². The summed E-state index contributed by atoms with van der Waals surface area (Å²) in [5.41, 5.74) is 1.07. The highest BCUT2D eigenvalue weighted by molar-refractivity contribution is 6.74. The molecule has 0 aliphatic heterocycles. The van der Waals surface area contributed by atoms with Crippen LogP contribution in [0.1, 0.15) is 40.0 Å². The maximum atomic E-state index is 10.6. The van der Waals surface area contributed by atoms with Gasteiger partial charge in [0.2, 0.25) is 8.32 Å². The van der Waals surface area contributed by atoms with E-state index in [4.69, 9.17) is 4.43 Å². The Bertz CT molecular complexity index is 346. The highest BCUT2D eigenvalue weighted by Crippen LogP contribution is 2.40. The van der Waals surface area contributed by atoms with Crippen molar-refractivity contribution in [3.8, 4) is 0 Å². The van der Waals surface area contributed by atoms with Crippen LogP contribution in [0.3, 0.4) is 0 Å². The third-order valence-electron chi connectivity index (χ3n) is 3.74. The number of carbonyl (C=O) groups is 1. The fourth-order valence-corrected chi connectivity index (χ4v) is 2.63.